The molecule has 0 unspecified atom stereocenters. The second-order valence-electron chi connectivity index (χ2n) is 6.30. The number of fused-ring (bicyclic) bond motifs is 2. The molecule has 0 spiro atoms. The Balaban J connectivity index is 1.61. The zero-order valence-electron chi connectivity index (χ0n) is 14.9. The second kappa shape index (κ2) is 7.01. The monoisotopic (exact) mass is 399 g/mol. The van der Waals surface area contributed by atoms with Gasteiger partial charge in [-0.3, -0.25) is 4.79 Å². The number of aromatic nitrogens is 1. The predicted molar refractivity (Wildman–Crippen MR) is 105 cm³/mol. The van der Waals surface area contributed by atoms with Crippen molar-refractivity contribution in [2.24, 2.45) is 5.10 Å². The van der Waals surface area contributed by atoms with Gasteiger partial charge in [-0.25, -0.2) is 4.83 Å². The van der Waals surface area contributed by atoms with Crippen molar-refractivity contribution in [3.8, 4) is 11.5 Å². The number of hydrogen-bond donors (Lipinski definition) is 2. The van der Waals surface area contributed by atoms with E-state index in [0.29, 0.717) is 35.6 Å². The molecule has 144 valence electrons. The minimum atomic E-state index is -3.81. The fourth-order valence-corrected chi connectivity index (χ4v) is 3.58. The van der Waals surface area contributed by atoms with Crippen LogP contribution in [0.25, 0.3) is 10.9 Å². The summed E-state index contributed by atoms with van der Waals surface area (Å²) in [6.07, 6.45) is 1.17. The minimum absolute atomic E-state index is 0.0893. The Morgan fingerprint density at radius 2 is 1.75 bits per heavy atom. The van der Waals surface area contributed by atoms with Gasteiger partial charge in [-0.1, -0.05) is 17.7 Å². The molecule has 4 rings (SSSR count). The van der Waals surface area contributed by atoms with Gasteiger partial charge >= 0.3 is 0 Å². The van der Waals surface area contributed by atoms with Crippen molar-refractivity contribution >= 4 is 27.1 Å². The maximum absolute atomic E-state index is 12.3. The van der Waals surface area contributed by atoms with Crippen LogP contribution in [0.4, 0.5) is 0 Å². The average Bonchev–Trinajstić information content (AvgIpc) is 2.67. The van der Waals surface area contributed by atoms with Crippen molar-refractivity contribution in [1.82, 2.24) is 9.82 Å². The lowest BCUT2D eigenvalue weighted by Crippen LogP contribution is -2.20. The van der Waals surface area contributed by atoms with E-state index >= 15 is 0 Å². The van der Waals surface area contributed by atoms with Crippen molar-refractivity contribution in [3.05, 3.63) is 63.9 Å². The molecule has 0 atom stereocenters. The first kappa shape index (κ1) is 18.1. The number of hydrogen-bond acceptors (Lipinski definition) is 6. The Hall–Kier alpha value is -3.33. The number of nitrogens with zero attached hydrogens (tertiary/aromatic N) is 1. The Morgan fingerprint density at radius 1 is 1.07 bits per heavy atom. The smallest absolute Gasteiger partial charge is 0.276 e. The van der Waals surface area contributed by atoms with Crippen LogP contribution in [0.15, 0.2) is 57.3 Å². The maximum Gasteiger partial charge on any atom is 0.276 e. The van der Waals surface area contributed by atoms with E-state index in [-0.39, 0.29) is 10.5 Å². The Bertz CT molecular complexity index is 1230. The van der Waals surface area contributed by atoms with Crippen molar-refractivity contribution in [2.45, 2.75) is 11.8 Å². The molecule has 28 heavy (non-hydrogen) atoms. The zero-order valence-corrected chi connectivity index (χ0v) is 15.7. The van der Waals surface area contributed by atoms with E-state index in [0.717, 1.165) is 5.56 Å². The van der Waals surface area contributed by atoms with Crippen LogP contribution < -0.4 is 19.9 Å². The number of rotatable bonds is 4. The van der Waals surface area contributed by atoms with E-state index < -0.39 is 15.6 Å². The second-order valence-corrected chi connectivity index (χ2v) is 7.96. The van der Waals surface area contributed by atoms with Crippen molar-refractivity contribution in [1.29, 1.82) is 0 Å². The summed E-state index contributed by atoms with van der Waals surface area (Å²) in [5.74, 6) is 1.16. The lowest BCUT2D eigenvalue weighted by Gasteiger charge is -2.18. The molecule has 0 aliphatic carbocycles. The zero-order chi connectivity index (χ0) is 19.7. The highest BCUT2D eigenvalue weighted by Crippen LogP contribution is 2.33. The normalized spacial score (nSPS) is 13.8. The number of aromatic amines is 1. The fourth-order valence-electron chi connectivity index (χ4n) is 2.79. The number of sulfonamides is 1. The van der Waals surface area contributed by atoms with Gasteiger partial charge in [0.2, 0.25) is 0 Å². The lowest BCUT2D eigenvalue weighted by atomic mass is 10.1. The van der Waals surface area contributed by atoms with Gasteiger partial charge < -0.3 is 14.5 Å². The third-order valence-electron chi connectivity index (χ3n) is 4.24. The van der Waals surface area contributed by atoms with E-state index in [1.165, 1.54) is 18.3 Å². The highest BCUT2D eigenvalue weighted by Gasteiger charge is 2.14. The average molecular weight is 399 g/mol. The van der Waals surface area contributed by atoms with Gasteiger partial charge in [-0.05, 0) is 31.2 Å². The van der Waals surface area contributed by atoms with E-state index in [1.807, 2.05) is 6.92 Å². The summed E-state index contributed by atoms with van der Waals surface area (Å²) in [6, 6.07) is 11.4. The molecule has 0 saturated carbocycles. The van der Waals surface area contributed by atoms with Gasteiger partial charge in [0.15, 0.2) is 11.5 Å². The van der Waals surface area contributed by atoms with Crippen LogP contribution in [0, 0.1) is 6.92 Å². The summed E-state index contributed by atoms with van der Waals surface area (Å²) >= 11 is 0. The summed E-state index contributed by atoms with van der Waals surface area (Å²) in [4.78, 5) is 17.2. The highest BCUT2D eigenvalue weighted by molar-refractivity contribution is 7.89. The standard InChI is InChI=1S/C19H17N3O5S/c1-12-2-4-15(5-3-12)28(24,25)22-20-11-14-8-13-9-17-18(27-7-6-26-17)10-16(13)21-19(14)23/h2-5,8-11,22H,6-7H2,1H3,(H,21,23). The molecule has 2 heterocycles. The SMILES string of the molecule is Cc1ccc(S(=O)(=O)NN=Cc2cc3cc4c(cc3[nH]c2=O)OCCO4)cc1. The van der Waals surface area contributed by atoms with Gasteiger partial charge in [-0.15, -0.1) is 0 Å². The number of H-pyrrole nitrogens is 1. The van der Waals surface area contributed by atoms with Crippen LogP contribution in [0.1, 0.15) is 11.1 Å². The molecule has 9 heteroatoms. The summed E-state index contributed by atoms with van der Waals surface area (Å²) in [7, 11) is -3.81. The summed E-state index contributed by atoms with van der Waals surface area (Å²) in [6.45, 7) is 2.77. The highest BCUT2D eigenvalue weighted by atomic mass is 32.2. The molecule has 2 aromatic carbocycles. The molecule has 0 amide bonds. The van der Waals surface area contributed by atoms with Gasteiger partial charge in [0.05, 0.1) is 22.2 Å². The number of pyridine rings is 1. The van der Waals surface area contributed by atoms with Gasteiger partial charge in [0.25, 0.3) is 15.6 Å². The third-order valence-corrected chi connectivity index (χ3v) is 5.48. The van der Waals surface area contributed by atoms with Crippen LogP contribution in [0.3, 0.4) is 0 Å². The molecule has 8 nitrogen and oxygen atoms in total. The number of benzene rings is 2. The molecule has 0 saturated heterocycles. The fraction of sp³-hybridized carbons (Fsp3) is 0.158. The van der Waals surface area contributed by atoms with E-state index in [2.05, 4.69) is 14.9 Å². The topological polar surface area (TPSA) is 110 Å². The molecule has 0 radical (unpaired) electrons. The molecule has 2 N–H and O–H groups in total. The van der Waals surface area contributed by atoms with E-state index in [9.17, 15) is 13.2 Å². The Morgan fingerprint density at radius 3 is 2.46 bits per heavy atom. The maximum atomic E-state index is 12.3. The molecule has 1 aliphatic heterocycles. The number of ether oxygens (including phenoxy) is 2. The van der Waals surface area contributed by atoms with E-state index in [1.54, 1.807) is 30.3 Å². The van der Waals surface area contributed by atoms with Crippen molar-refractivity contribution in [3.63, 3.8) is 0 Å². The number of aryl methyl sites for hydroxylation is 1. The molecule has 3 aromatic rings. The summed E-state index contributed by atoms with van der Waals surface area (Å²) in [5, 5.41) is 4.44. The largest absolute Gasteiger partial charge is 0.486 e. The van der Waals surface area contributed by atoms with E-state index in [4.69, 9.17) is 9.47 Å². The number of nitrogens with one attached hydrogen (secondary N) is 2. The van der Waals surface area contributed by atoms with Crippen molar-refractivity contribution < 1.29 is 17.9 Å². The minimum Gasteiger partial charge on any atom is -0.486 e. The first-order valence-electron chi connectivity index (χ1n) is 8.51. The molecular formula is C19H17N3O5S. The Labute approximate surface area is 160 Å². The van der Waals surface area contributed by atoms with Gasteiger partial charge in [0, 0.05) is 11.5 Å². The van der Waals surface area contributed by atoms with Crippen LogP contribution in [0.2, 0.25) is 0 Å². The van der Waals surface area contributed by atoms with Gasteiger partial charge in [0.1, 0.15) is 13.2 Å². The van der Waals surface area contributed by atoms with Gasteiger partial charge in [-0.2, -0.15) is 13.5 Å². The summed E-state index contributed by atoms with van der Waals surface area (Å²) < 4.78 is 35.5. The van der Waals surface area contributed by atoms with Crippen molar-refractivity contribution in [2.75, 3.05) is 13.2 Å². The van der Waals surface area contributed by atoms with Crippen LogP contribution >= 0.6 is 0 Å². The quantitative estimate of drug-likeness (QED) is 0.515. The van der Waals surface area contributed by atoms with Crippen LogP contribution in [-0.4, -0.2) is 32.8 Å². The van der Waals surface area contributed by atoms with Crippen LogP contribution in [-0.2, 0) is 10.0 Å². The molecule has 0 bridgehead atoms. The Kier molecular flexibility index (Phi) is 4.52. The number of hydrazone groups is 1. The molecule has 0 fully saturated rings. The first-order chi connectivity index (χ1) is 13.4. The predicted octanol–water partition coefficient (Wildman–Crippen LogP) is 1.92. The molecular weight excluding hydrogens is 382 g/mol. The summed E-state index contributed by atoms with van der Waals surface area (Å²) in [5.41, 5.74) is 1.34. The first-order valence-corrected chi connectivity index (χ1v) is 9.99. The third kappa shape index (κ3) is 3.56. The lowest BCUT2D eigenvalue weighted by molar-refractivity contribution is 0.172. The molecule has 1 aromatic heterocycles. The van der Waals surface area contributed by atoms with Crippen LogP contribution in [0.5, 0.6) is 11.5 Å². The molecule has 1 aliphatic rings.